The molecule has 0 aromatic heterocycles. The van der Waals surface area contributed by atoms with Crippen LogP contribution >= 0.6 is 11.6 Å². The average Bonchev–Trinajstić information content (AvgIpc) is 2.73. The molecule has 2 rings (SSSR count). The van der Waals surface area contributed by atoms with Crippen LogP contribution in [-0.4, -0.2) is 62.1 Å². The van der Waals surface area contributed by atoms with Crippen LogP contribution in [0.2, 0.25) is 5.02 Å². The summed E-state index contributed by atoms with van der Waals surface area (Å²) in [6.07, 6.45) is -0.214. The SMILES string of the molecule is CN(C)CC1CC(O)CN1S(=O)(=O)c1ccc(N)c(Cl)c1. The monoisotopic (exact) mass is 333 g/mol. The smallest absolute Gasteiger partial charge is 0.243 e. The average molecular weight is 334 g/mol. The van der Waals surface area contributed by atoms with E-state index in [1.165, 1.54) is 22.5 Å². The molecule has 6 nitrogen and oxygen atoms in total. The van der Waals surface area contributed by atoms with Gasteiger partial charge in [-0.2, -0.15) is 4.31 Å². The van der Waals surface area contributed by atoms with Crippen LogP contribution in [0.5, 0.6) is 0 Å². The fraction of sp³-hybridized carbons (Fsp3) is 0.538. The number of aliphatic hydroxyl groups is 1. The standard InChI is InChI=1S/C13H20ClN3O3S/c1-16(2)7-9-5-10(18)8-17(9)21(19,20)11-3-4-13(15)12(14)6-11/h3-4,6,9-10,18H,5,7-8,15H2,1-2H3. The summed E-state index contributed by atoms with van der Waals surface area (Å²) in [6.45, 7) is 0.655. The zero-order chi connectivity index (χ0) is 15.8. The third-order valence-electron chi connectivity index (χ3n) is 3.50. The minimum atomic E-state index is -3.70. The number of nitrogen functional groups attached to an aromatic ring is 1. The number of hydrogen-bond donors (Lipinski definition) is 2. The second-order valence-electron chi connectivity index (χ2n) is 5.56. The number of halogens is 1. The number of likely N-dealkylation sites (N-methyl/N-ethyl adjacent to an activating group) is 1. The third-order valence-corrected chi connectivity index (χ3v) is 5.74. The first-order valence-electron chi connectivity index (χ1n) is 6.61. The van der Waals surface area contributed by atoms with Gasteiger partial charge in [0.1, 0.15) is 0 Å². The molecule has 0 amide bonds. The maximum atomic E-state index is 12.7. The second-order valence-corrected chi connectivity index (χ2v) is 7.86. The zero-order valence-electron chi connectivity index (χ0n) is 12.0. The summed E-state index contributed by atoms with van der Waals surface area (Å²) in [7, 11) is 0.0422. The minimum Gasteiger partial charge on any atom is -0.398 e. The van der Waals surface area contributed by atoms with Crippen molar-refractivity contribution in [2.24, 2.45) is 0 Å². The van der Waals surface area contributed by atoms with Crippen molar-refractivity contribution in [2.45, 2.75) is 23.5 Å². The van der Waals surface area contributed by atoms with Gasteiger partial charge in [0, 0.05) is 19.1 Å². The highest BCUT2D eigenvalue weighted by atomic mass is 35.5. The highest BCUT2D eigenvalue weighted by Gasteiger charge is 2.39. The van der Waals surface area contributed by atoms with E-state index in [1.54, 1.807) is 0 Å². The summed E-state index contributed by atoms with van der Waals surface area (Å²) in [5.41, 5.74) is 5.95. The molecule has 2 atom stereocenters. The number of rotatable bonds is 4. The first-order valence-corrected chi connectivity index (χ1v) is 8.43. The highest BCUT2D eigenvalue weighted by molar-refractivity contribution is 7.89. The van der Waals surface area contributed by atoms with Crippen LogP contribution in [0.15, 0.2) is 23.1 Å². The van der Waals surface area contributed by atoms with Crippen LogP contribution in [0.1, 0.15) is 6.42 Å². The van der Waals surface area contributed by atoms with Crippen molar-refractivity contribution >= 4 is 27.3 Å². The Balaban J connectivity index is 2.34. The molecule has 1 aliphatic rings. The molecule has 0 saturated carbocycles. The Morgan fingerprint density at radius 3 is 2.71 bits per heavy atom. The van der Waals surface area contributed by atoms with Crippen molar-refractivity contribution in [3.63, 3.8) is 0 Å². The molecule has 0 radical (unpaired) electrons. The van der Waals surface area contributed by atoms with Gasteiger partial charge in [-0.05, 0) is 38.7 Å². The number of nitrogens with zero attached hydrogens (tertiary/aromatic N) is 2. The summed E-state index contributed by atoms with van der Waals surface area (Å²) in [4.78, 5) is 2.00. The van der Waals surface area contributed by atoms with Gasteiger partial charge in [-0.1, -0.05) is 11.6 Å². The van der Waals surface area contributed by atoms with E-state index in [0.717, 1.165) is 0 Å². The Hall–Kier alpha value is -0.860. The summed E-state index contributed by atoms with van der Waals surface area (Å²) in [6, 6.07) is 4.01. The van der Waals surface area contributed by atoms with Gasteiger partial charge in [-0.3, -0.25) is 0 Å². The van der Waals surface area contributed by atoms with Gasteiger partial charge in [0.25, 0.3) is 0 Å². The van der Waals surface area contributed by atoms with Crippen molar-refractivity contribution < 1.29 is 13.5 Å². The Morgan fingerprint density at radius 2 is 2.14 bits per heavy atom. The summed E-state index contributed by atoms with van der Waals surface area (Å²) in [5.74, 6) is 0. The van der Waals surface area contributed by atoms with Crippen LogP contribution in [0.3, 0.4) is 0 Å². The molecule has 1 fully saturated rings. The fourth-order valence-electron chi connectivity index (χ4n) is 2.55. The lowest BCUT2D eigenvalue weighted by molar-refractivity contribution is 0.188. The van der Waals surface area contributed by atoms with E-state index >= 15 is 0 Å². The number of sulfonamides is 1. The second kappa shape index (κ2) is 6.10. The Bertz CT molecular complexity index is 621. The van der Waals surface area contributed by atoms with E-state index in [2.05, 4.69) is 0 Å². The maximum absolute atomic E-state index is 12.7. The first kappa shape index (κ1) is 16.5. The molecule has 3 N–H and O–H groups in total. The highest BCUT2D eigenvalue weighted by Crippen LogP contribution is 2.29. The molecule has 21 heavy (non-hydrogen) atoms. The molecule has 1 heterocycles. The lowest BCUT2D eigenvalue weighted by Gasteiger charge is -2.26. The van der Waals surface area contributed by atoms with Gasteiger partial charge < -0.3 is 15.7 Å². The first-order chi connectivity index (χ1) is 9.71. The quantitative estimate of drug-likeness (QED) is 0.788. The molecular formula is C13H20ClN3O3S. The largest absolute Gasteiger partial charge is 0.398 e. The maximum Gasteiger partial charge on any atom is 0.243 e. The molecule has 1 aromatic carbocycles. The fourth-order valence-corrected chi connectivity index (χ4v) is 4.48. The summed E-state index contributed by atoms with van der Waals surface area (Å²) >= 11 is 5.91. The van der Waals surface area contributed by atoms with Crippen LogP contribution in [-0.2, 0) is 10.0 Å². The zero-order valence-corrected chi connectivity index (χ0v) is 13.6. The van der Waals surface area contributed by atoms with Gasteiger partial charge in [-0.25, -0.2) is 8.42 Å². The van der Waals surface area contributed by atoms with E-state index in [1.807, 2.05) is 19.0 Å². The van der Waals surface area contributed by atoms with E-state index in [-0.39, 0.29) is 22.5 Å². The molecule has 1 aromatic rings. The summed E-state index contributed by atoms with van der Waals surface area (Å²) < 4.78 is 26.8. The molecule has 0 spiro atoms. The number of anilines is 1. The normalized spacial score (nSPS) is 23.9. The van der Waals surface area contributed by atoms with Gasteiger partial charge in [-0.15, -0.1) is 0 Å². The predicted octanol–water partition coefficient (Wildman–Crippen LogP) is 0.608. The van der Waals surface area contributed by atoms with Gasteiger partial charge in [0.05, 0.1) is 21.7 Å². The van der Waals surface area contributed by atoms with Crippen LogP contribution < -0.4 is 5.73 Å². The molecule has 0 bridgehead atoms. The molecule has 118 valence electrons. The van der Waals surface area contributed by atoms with Gasteiger partial charge >= 0.3 is 0 Å². The van der Waals surface area contributed by atoms with Crippen molar-refractivity contribution in [2.75, 3.05) is 32.9 Å². The molecule has 8 heteroatoms. The Morgan fingerprint density at radius 1 is 1.48 bits per heavy atom. The molecule has 1 saturated heterocycles. The van der Waals surface area contributed by atoms with Crippen LogP contribution in [0, 0.1) is 0 Å². The number of nitrogens with two attached hydrogens (primary N) is 1. The van der Waals surface area contributed by atoms with E-state index in [0.29, 0.717) is 18.7 Å². The van der Waals surface area contributed by atoms with E-state index < -0.39 is 16.1 Å². The minimum absolute atomic E-state index is 0.0968. The van der Waals surface area contributed by atoms with Crippen molar-refractivity contribution in [1.82, 2.24) is 9.21 Å². The Kier molecular flexibility index (Phi) is 4.79. The lowest BCUT2D eigenvalue weighted by atomic mass is 10.2. The van der Waals surface area contributed by atoms with E-state index in [9.17, 15) is 13.5 Å². The number of hydrogen-bond acceptors (Lipinski definition) is 5. The van der Waals surface area contributed by atoms with Crippen LogP contribution in [0.4, 0.5) is 5.69 Å². The van der Waals surface area contributed by atoms with Crippen molar-refractivity contribution in [3.05, 3.63) is 23.2 Å². The van der Waals surface area contributed by atoms with Crippen molar-refractivity contribution in [1.29, 1.82) is 0 Å². The summed E-state index contributed by atoms with van der Waals surface area (Å²) in [5, 5.41) is 10.0. The van der Waals surface area contributed by atoms with Gasteiger partial charge in [0.15, 0.2) is 0 Å². The van der Waals surface area contributed by atoms with E-state index in [4.69, 9.17) is 17.3 Å². The third kappa shape index (κ3) is 3.49. The van der Waals surface area contributed by atoms with Gasteiger partial charge in [0.2, 0.25) is 10.0 Å². The molecule has 1 aliphatic heterocycles. The lowest BCUT2D eigenvalue weighted by Crippen LogP contribution is -2.41. The van der Waals surface area contributed by atoms with Crippen LogP contribution in [0.25, 0.3) is 0 Å². The number of aliphatic hydroxyl groups excluding tert-OH is 1. The van der Waals surface area contributed by atoms with Crippen molar-refractivity contribution in [3.8, 4) is 0 Å². The Labute approximate surface area is 130 Å². The topological polar surface area (TPSA) is 86.9 Å². The molecular weight excluding hydrogens is 314 g/mol. The molecule has 2 unspecified atom stereocenters. The number of β-amino-alcohol motifs (C(OH)–C–C–N with tert-alkyl or cyclic N) is 1. The molecule has 0 aliphatic carbocycles. The predicted molar refractivity (Wildman–Crippen MR) is 82.7 cm³/mol. The number of benzene rings is 1.